The van der Waals surface area contributed by atoms with Crippen LogP contribution < -0.4 is 5.14 Å². The minimum atomic E-state index is -3.80. The summed E-state index contributed by atoms with van der Waals surface area (Å²) >= 11 is 0. The first kappa shape index (κ1) is 11.8. The predicted octanol–water partition coefficient (Wildman–Crippen LogP) is 0.956. The van der Waals surface area contributed by atoms with Crippen molar-refractivity contribution in [3.05, 3.63) is 0 Å². The second kappa shape index (κ2) is 3.66. The summed E-state index contributed by atoms with van der Waals surface area (Å²) in [6.45, 7) is 2.21. The lowest BCUT2D eigenvalue weighted by Gasteiger charge is -2.20. The first-order chi connectivity index (χ1) is 5.17. The van der Waals surface area contributed by atoms with E-state index in [4.69, 9.17) is 0 Å². The number of halogens is 2. The Hall–Kier alpha value is -0.230. The summed E-state index contributed by atoms with van der Waals surface area (Å²) in [6.07, 6.45) is 0.0972. The molecule has 0 bridgehead atoms. The van der Waals surface area contributed by atoms with Crippen LogP contribution in [0.3, 0.4) is 0 Å². The summed E-state index contributed by atoms with van der Waals surface area (Å²) in [5, 5.41) is 4.65. The second-order valence-corrected chi connectivity index (χ2v) is 4.55. The zero-order valence-corrected chi connectivity index (χ0v) is 7.87. The van der Waals surface area contributed by atoms with Crippen molar-refractivity contribution in [3.8, 4) is 0 Å². The third-order valence-corrected chi connectivity index (χ3v) is 2.51. The molecule has 1 atom stereocenters. The van der Waals surface area contributed by atoms with Crippen LogP contribution in [0.25, 0.3) is 0 Å². The minimum Gasteiger partial charge on any atom is -0.229 e. The highest BCUT2D eigenvalue weighted by atomic mass is 32.2. The highest BCUT2D eigenvalue weighted by Crippen LogP contribution is 2.27. The molecule has 0 aromatic heterocycles. The monoisotopic (exact) mass is 201 g/mol. The van der Waals surface area contributed by atoms with Gasteiger partial charge in [-0.2, -0.15) is 0 Å². The van der Waals surface area contributed by atoms with Crippen LogP contribution >= 0.6 is 0 Å². The van der Waals surface area contributed by atoms with Crippen molar-refractivity contribution in [2.24, 2.45) is 11.1 Å². The summed E-state index contributed by atoms with van der Waals surface area (Å²) in [5.41, 5.74) is 0. The summed E-state index contributed by atoms with van der Waals surface area (Å²) in [4.78, 5) is 0. The Bertz CT molecular complexity index is 232. The van der Waals surface area contributed by atoms with Crippen LogP contribution in [0.15, 0.2) is 0 Å². The molecule has 0 radical (unpaired) electrons. The van der Waals surface area contributed by atoms with Gasteiger partial charge in [-0.1, -0.05) is 6.92 Å². The maximum Gasteiger partial charge on any atom is 0.249 e. The fourth-order valence-electron chi connectivity index (χ4n) is 0.903. The normalized spacial score (nSPS) is 16.1. The van der Waals surface area contributed by atoms with Crippen molar-refractivity contribution in [2.45, 2.75) is 26.2 Å². The number of rotatable bonds is 4. The van der Waals surface area contributed by atoms with Crippen LogP contribution in [0, 0.1) is 5.92 Å². The van der Waals surface area contributed by atoms with Crippen molar-refractivity contribution in [1.29, 1.82) is 0 Å². The molecule has 0 saturated carbocycles. The minimum absolute atomic E-state index is 0.0972. The fraction of sp³-hybridized carbons (Fsp3) is 1.00. The SMILES string of the molecule is CCC(CS(N)(=O)=O)C(C)(F)F. The smallest absolute Gasteiger partial charge is 0.229 e. The van der Waals surface area contributed by atoms with Gasteiger partial charge >= 0.3 is 0 Å². The number of primary sulfonamides is 1. The molecule has 2 N–H and O–H groups in total. The summed E-state index contributed by atoms with van der Waals surface area (Å²) in [5.74, 6) is -4.83. The maximum atomic E-state index is 12.6. The van der Waals surface area contributed by atoms with Crippen LogP contribution in [0.5, 0.6) is 0 Å². The number of alkyl halides is 2. The molecule has 74 valence electrons. The zero-order valence-electron chi connectivity index (χ0n) is 7.05. The average Bonchev–Trinajstić information content (AvgIpc) is 1.78. The zero-order chi connectivity index (χ0) is 9.99. The standard InChI is InChI=1S/C6H13F2NO2S/c1-3-5(6(2,7)8)4-12(9,10)11/h5H,3-4H2,1-2H3,(H2,9,10,11). The Balaban J connectivity index is 4.41. The molecule has 3 nitrogen and oxygen atoms in total. The molecular formula is C6H13F2NO2S. The van der Waals surface area contributed by atoms with Gasteiger partial charge in [-0.25, -0.2) is 22.3 Å². The Morgan fingerprint density at radius 1 is 1.50 bits per heavy atom. The number of nitrogens with two attached hydrogens (primary N) is 1. The Morgan fingerprint density at radius 3 is 2.00 bits per heavy atom. The van der Waals surface area contributed by atoms with Crippen molar-refractivity contribution in [2.75, 3.05) is 5.75 Å². The van der Waals surface area contributed by atoms with Crippen LogP contribution in [0.2, 0.25) is 0 Å². The molecule has 0 aromatic carbocycles. The van der Waals surface area contributed by atoms with Crippen molar-refractivity contribution in [1.82, 2.24) is 0 Å². The summed E-state index contributed by atoms with van der Waals surface area (Å²) in [7, 11) is -3.80. The van der Waals surface area contributed by atoms with Gasteiger partial charge in [0.2, 0.25) is 15.9 Å². The number of hydrogen-bond donors (Lipinski definition) is 1. The molecule has 0 fully saturated rings. The first-order valence-corrected chi connectivity index (χ1v) is 5.26. The van der Waals surface area contributed by atoms with Gasteiger partial charge in [-0.15, -0.1) is 0 Å². The van der Waals surface area contributed by atoms with E-state index in [1.807, 2.05) is 0 Å². The average molecular weight is 201 g/mol. The largest absolute Gasteiger partial charge is 0.249 e. The molecule has 0 saturated heterocycles. The lowest BCUT2D eigenvalue weighted by atomic mass is 10.0. The van der Waals surface area contributed by atoms with E-state index in [2.05, 4.69) is 5.14 Å². The van der Waals surface area contributed by atoms with E-state index in [1.54, 1.807) is 0 Å². The molecule has 0 spiro atoms. The molecule has 0 rings (SSSR count). The van der Waals surface area contributed by atoms with Gasteiger partial charge in [0, 0.05) is 5.92 Å². The van der Waals surface area contributed by atoms with Gasteiger partial charge in [-0.05, 0) is 13.3 Å². The van der Waals surface area contributed by atoms with Gasteiger partial charge in [0.1, 0.15) is 0 Å². The first-order valence-electron chi connectivity index (χ1n) is 3.55. The Kier molecular flexibility index (Phi) is 3.59. The Labute approximate surface area is 71.0 Å². The van der Waals surface area contributed by atoms with Gasteiger partial charge in [0.05, 0.1) is 5.75 Å². The predicted molar refractivity (Wildman–Crippen MR) is 42.4 cm³/mol. The van der Waals surface area contributed by atoms with Gasteiger partial charge in [0.25, 0.3) is 0 Å². The van der Waals surface area contributed by atoms with Crippen LogP contribution in [0.1, 0.15) is 20.3 Å². The van der Waals surface area contributed by atoms with Crippen molar-refractivity contribution < 1.29 is 17.2 Å². The molecule has 0 aromatic rings. The molecule has 12 heavy (non-hydrogen) atoms. The van der Waals surface area contributed by atoms with E-state index in [-0.39, 0.29) is 6.42 Å². The summed E-state index contributed by atoms with van der Waals surface area (Å²) in [6, 6.07) is 0. The molecule has 0 heterocycles. The van der Waals surface area contributed by atoms with E-state index < -0.39 is 27.6 Å². The molecule has 6 heteroatoms. The van der Waals surface area contributed by atoms with E-state index in [0.717, 1.165) is 0 Å². The fourth-order valence-corrected chi connectivity index (χ4v) is 1.99. The molecule has 1 unspecified atom stereocenters. The lowest BCUT2D eigenvalue weighted by molar-refractivity contribution is -0.0321. The van der Waals surface area contributed by atoms with Gasteiger partial charge in [-0.3, -0.25) is 0 Å². The molecule has 0 aliphatic heterocycles. The molecular weight excluding hydrogens is 188 g/mol. The molecule has 0 aliphatic rings. The van der Waals surface area contributed by atoms with Gasteiger partial charge in [0.15, 0.2) is 0 Å². The number of hydrogen-bond acceptors (Lipinski definition) is 2. The van der Waals surface area contributed by atoms with E-state index in [1.165, 1.54) is 6.92 Å². The van der Waals surface area contributed by atoms with Crippen molar-refractivity contribution >= 4 is 10.0 Å². The Morgan fingerprint density at radius 2 is 1.92 bits per heavy atom. The topological polar surface area (TPSA) is 60.2 Å². The maximum absolute atomic E-state index is 12.6. The quantitative estimate of drug-likeness (QED) is 0.736. The second-order valence-electron chi connectivity index (χ2n) is 2.89. The third-order valence-electron chi connectivity index (χ3n) is 1.64. The van der Waals surface area contributed by atoms with Gasteiger partial charge < -0.3 is 0 Å². The highest BCUT2D eigenvalue weighted by Gasteiger charge is 2.34. The third kappa shape index (κ3) is 4.61. The lowest BCUT2D eigenvalue weighted by Crippen LogP contribution is -2.33. The van der Waals surface area contributed by atoms with E-state index in [0.29, 0.717) is 6.92 Å². The van der Waals surface area contributed by atoms with Crippen LogP contribution in [-0.4, -0.2) is 20.1 Å². The number of sulfonamides is 1. The molecule has 0 amide bonds. The molecule has 0 aliphatic carbocycles. The van der Waals surface area contributed by atoms with Crippen LogP contribution in [-0.2, 0) is 10.0 Å². The summed E-state index contributed by atoms with van der Waals surface area (Å²) < 4.78 is 46.2. The van der Waals surface area contributed by atoms with Crippen molar-refractivity contribution in [3.63, 3.8) is 0 Å². The highest BCUT2D eigenvalue weighted by molar-refractivity contribution is 7.89. The van der Waals surface area contributed by atoms with E-state index in [9.17, 15) is 17.2 Å². The van der Waals surface area contributed by atoms with E-state index >= 15 is 0 Å². The van der Waals surface area contributed by atoms with Crippen LogP contribution in [0.4, 0.5) is 8.78 Å².